The number of aliphatic hydroxyl groups is 1. The summed E-state index contributed by atoms with van der Waals surface area (Å²) in [6, 6.07) is -1.27. The van der Waals surface area contributed by atoms with E-state index in [0.29, 0.717) is 13.0 Å². The third-order valence-electron chi connectivity index (χ3n) is 3.21. The fourth-order valence-corrected chi connectivity index (χ4v) is 1.81. The number of nitrogens with zero attached hydrogens (tertiary/aromatic N) is 1. The number of nitrogens with one attached hydrogen (secondary N) is 1. The van der Waals surface area contributed by atoms with Crippen LogP contribution < -0.4 is 5.32 Å². The molecule has 1 saturated heterocycles. The van der Waals surface area contributed by atoms with Gasteiger partial charge in [0.25, 0.3) is 0 Å². The third-order valence-corrected chi connectivity index (χ3v) is 3.21. The van der Waals surface area contributed by atoms with Crippen molar-refractivity contribution in [3.8, 4) is 0 Å². The molecule has 3 atom stereocenters. The summed E-state index contributed by atoms with van der Waals surface area (Å²) in [4.78, 5) is 24.0. The minimum absolute atomic E-state index is 0.181. The summed E-state index contributed by atoms with van der Waals surface area (Å²) in [5.41, 5.74) is 0. The van der Waals surface area contributed by atoms with Crippen LogP contribution in [-0.2, 0) is 4.79 Å². The summed E-state index contributed by atoms with van der Waals surface area (Å²) in [5, 5.41) is 20.9. The fraction of sp³-hybridized carbons (Fsp3) is 0.818. The summed E-state index contributed by atoms with van der Waals surface area (Å²) in [5.74, 6) is -0.854. The largest absolute Gasteiger partial charge is 0.480 e. The molecule has 0 aromatic heterocycles. The van der Waals surface area contributed by atoms with E-state index in [1.165, 1.54) is 4.90 Å². The average molecular weight is 244 g/mol. The minimum atomic E-state index is -1.04. The molecule has 3 N–H and O–H groups in total. The lowest BCUT2D eigenvalue weighted by atomic mass is 9.96. The molecule has 6 nitrogen and oxygen atoms in total. The van der Waals surface area contributed by atoms with Gasteiger partial charge in [-0.2, -0.15) is 0 Å². The Hall–Kier alpha value is -1.30. The lowest BCUT2D eigenvalue weighted by molar-refractivity contribution is -0.139. The first-order chi connectivity index (χ1) is 7.95. The number of amides is 2. The summed E-state index contributed by atoms with van der Waals surface area (Å²) < 4.78 is 0. The lowest BCUT2D eigenvalue weighted by Crippen LogP contribution is -2.53. The molecule has 6 heteroatoms. The summed E-state index contributed by atoms with van der Waals surface area (Å²) in [7, 11) is 0. The van der Waals surface area contributed by atoms with Gasteiger partial charge in [0.15, 0.2) is 0 Å². The van der Waals surface area contributed by atoms with Crippen LogP contribution in [0.5, 0.6) is 0 Å². The monoisotopic (exact) mass is 244 g/mol. The van der Waals surface area contributed by atoms with Crippen molar-refractivity contribution in [2.75, 3.05) is 13.1 Å². The van der Waals surface area contributed by atoms with Crippen molar-refractivity contribution >= 4 is 12.0 Å². The van der Waals surface area contributed by atoms with Crippen LogP contribution >= 0.6 is 0 Å². The van der Waals surface area contributed by atoms with Crippen molar-refractivity contribution < 1.29 is 19.8 Å². The molecule has 0 radical (unpaired) electrons. The molecule has 0 saturated carbocycles. The van der Waals surface area contributed by atoms with Crippen LogP contribution in [0.3, 0.4) is 0 Å². The van der Waals surface area contributed by atoms with Crippen LogP contribution in [0.2, 0.25) is 0 Å². The molecule has 0 aliphatic carbocycles. The molecular weight excluding hydrogens is 224 g/mol. The molecule has 1 fully saturated rings. The summed E-state index contributed by atoms with van der Waals surface area (Å²) in [6.45, 7) is 4.46. The molecule has 0 spiro atoms. The number of carboxylic acids is 1. The number of hydrogen-bond donors (Lipinski definition) is 3. The van der Waals surface area contributed by atoms with E-state index < -0.39 is 24.1 Å². The first-order valence-corrected chi connectivity index (χ1v) is 5.92. The van der Waals surface area contributed by atoms with Crippen LogP contribution in [0.1, 0.15) is 26.7 Å². The number of carbonyl (C=O) groups is 2. The molecule has 0 bridgehead atoms. The predicted molar refractivity (Wildman–Crippen MR) is 61.6 cm³/mol. The second-order valence-corrected chi connectivity index (χ2v) is 4.53. The van der Waals surface area contributed by atoms with Gasteiger partial charge < -0.3 is 20.4 Å². The van der Waals surface area contributed by atoms with Crippen molar-refractivity contribution in [2.45, 2.75) is 38.8 Å². The molecule has 0 aromatic rings. The number of aliphatic carboxylic acids is 1. The number of aliphatic hydroxyl groups excluding tert-OH is 1. The highest BCUT2D eigenvalue weighted by Gasteiger charge is 2.29. The van der Waals surface area contributed by atoms with Crippen molar-refractivity contribution in [3.05, 3.63) is 0 Å². The van der Waals surface area contributed by atoms with Crippen LogP contribution in [0.4, 0.5) is 4.79 Å². The second-order valence-electron chi connectivity index (χ2n) is 4.53. The van der Waals surface area contributed by atoms with Gasteiger partial charge in [-0.3, -0.25) is 0 Å². The Balaban J connectivity index is 2.50. The number of rotatable bonds is 3. The second kappa shape index (κ2) is 5.86. The van der Waals surface area contributed by atoms with Crippen molar-refractivity contribution in [3.63, 3.8) is 0 Å². The van der Waals surface area contributed by atoms with Gasteiger partial charge in [0.2, 0.25) is 0 Å². The first-order valence-electron chi connectivity index (χ1n) is 5.92. The number of β-amino-alcohol motifs (C(OH)–C–C–N with tert-alkyl or cyclic N) is 1. The summed E-state index contributed by atoms with van der Waals surface area (Å²) in [6.07, 6.45) is 0.547. The maximum absolute atomic E-state index is 11.8. The highest BCUT2D eigenvalue weighted by molar-refractivity contribution is 5.82. The molecule has 0 aromatic carbocycles. The Labute approximate surface area is 101 Å². The molecule has 17 heavy (non-hydrogen) atoms. The van der Waals surface area contributed by atoms with Crippen LogP contribution in [0.15, 0.2) is 0 Å². The molecule has 2 amide bonds. The molecule has 1 aliphatic heterocycles. The van der Waals surface area contributed by atoms with Gasteiger partial charge in [0, 0.05) is 13.1 Å². The quantitative estimate of drug-likeness (QED) is 0.664. The topological polar surface area (TPSA) is 89.9 Å². The average Bonchev–Trinajstić information content (AvgIpc) is 2.28. The minimum Gasteiger partial charge on any atom is -0.480 e. The van der Waals surface area contributed by atoms with E-state index in [0.717, 1.165) is 6.42 Å². The Morgan fingerprint density at radius 3 is 2.65 bits per heavy atom. The highest BCUT2D eigenvalue weighted by Crippen LogP contribution is 2.16. The van der Waals surface area contributed by atoms with Crippen LogP contribution in [0.25, 0.3) is 0 Å². The van der Waals surface area contributed by atoms with Gasteiger partial charge in [0.05, 0.1) is 6.10 Å². The van der Waals surface area contributed by atoms with Crippen molar-refractivity contribution in [2.24, 2.45) is 5.92 Å². The Kier molecular flexibility index (Phi) is 4.74. The van der Waals surface area contributed by atoms with Gasteiger partial charge in [-0.05, 0) is 18.8 Å². The normalized spacial score (nSPS) is 26.4. The Bertz CT molecular complexity index is 295. The van der Waals surface area contributed by atoms with Crippen molar-refractivity contribution in [1.29, 1.82) is 0 Å². The van der Waals surface area contributed by atoms with Crippen LogP contribution in [-0.4, -0.2) is 52.3 Å². The zero-order chi connectivity index (χ0) is 13.0. The number of piperidine rings is 1. The van der Waals surface area contributed by atoms with Gasteiger partial charge in [-0.25, -0.2) is 9.59 Å². The lowest BCUT2D eigenvalue weighted by Gasteiger charge is -2.34. The first kappa shape index (κ1) is 13.8. The molecule has 1 heterocycles. The van der Waals surface area contributed by atoms with Gasteiger partial charge in [-0.15, -0.1) is 0 Å². The Morgan fingerprint density at radius 2 is 2.18 bits per heavy atom. The van der Waals surface area contributed by atoms with Gasteiger partial charge in [-0.1, -0.05) is 13.8 Å². The summed E-state index contributed by atoms with van der Waals surface area (Å²) >= 11 is 0. The third kappa shape index (κ3) is 3.59. The van der Waals surface area contributed by atoms with Crippen molar-refractivity contribution in [1.82, 2.24) is 10.2 Å². The van der Waals surface area contributed by atoms with E-state index in [1.54, 1.807) is 6.92 Å². The smallest absolute Gasteiger partial charge is 0.326 e. The van der Waals surface area contributed by atoms with Crippen LogP contribution in [0, 0.1) is 5.92 Å². The molecule has 1 aliphatic rings. The zero-order valence-corrected chi connectivity index (χ0v) is 10.2. The fourth-order valence-electron chi connectivity index (χ4n) is 1.81. The molecule has 1 rings (SSSR count). The van der Waals surface area contributed by atoms with E-state index in [2.05, 4.69) is 5.32 Å². The highest BCUT2D eigenvalue weighted by atomic mass is 16.4. The van der Waals surface area contributed by atoms with Gasteiger partial charge >= 0.3 is 12.0 Å². The number of hydrogen-bond acceptors (Lipinski definition) is 3. The van der Waals surface area contributed by atoms with E-state index in [4.69, 9.17) is 5.11 Å². The zero-order valence-electron chi connectivity index (χ0n) is 10.2. The molecular formula is C11H20N2O4. The molecule has 2 unspecified atom stereocenters. The number of likely N-dealkylation sites (tertiary alicyclic amines) is 1. The molecule has 98 valence electrons. The van der Waals surface area contributed by atoms with E-state index in [-0.39, 0.29) is 12.5 Å². The number of urea groups is 1. The maximum atomic E-state index is 11.8. The van der Waals surface area contributed by atoms with E-state index in [9.17, 15) is 14.7 Å². The van der Waals surface area contributed by atoms with E-state index in [1.807, 2.05) is 6.92 Å². The standard InChI is InChI=1S/C11H20N2O4/c1-3-8(10(15)16)12-11(17)13-5-4-7(2)9(14)6-13/h7-9,14H,3-6H2,1-2H3,(H,12,17)(H,15,16)/t7?,8-,9?/m1/s1. The number of carbonyl (C=O) groups excluding carboxylic acids is 1. The predicted octanol–water partition coefficient (Wildman–Crippen LogP) is 0.262. The maximum Gasteiger partial charge on any atom is 0.326 e. The van der Waals surface area contributed by atoms with E-state index >= 15 is 0 Å². The number of carboxylic acid groups (broad SMARTS) is 1. The Morgan fingerprint density at radius 1 is 1.53 bits per heavy atom. The van der Waals surface area contributed by atoms with Gasteiger partial charge in [0.1, 0.15) is 6.04 Å². The SMILES string of the molecule is CC[C@@H](NC(=O)N1CCC(C)C(O)C1)C(=O)O.